The van der Waals surface area contributed by atoms with Gasteiger partial charge in [0, 0.05) is 23.0 Å². The van der Waals surface area contributed by atoms with Gasteiger partial charge < -0.3 is 5.73 Å². The number of nitrogens with one attached hydrogen (secondary N) is 1. The standard InChI is InChI=1S/C13H18N4/c1-8(2)7-11-12(16-17-13(11)14)10-5-4-6-15-9(10)3/h4-6,8H,7H2,1-3H3,(H3,14,16,17). The van der Waals surface area contributed by atoms with Crippen LogP contribution in [0.5, 0.6) is 0 Å². The minimum atomic E-state index is 0.547. The SMILES string of the molecule is Cc1ncccc1-c1[nH]nc(N)c1CC(C)C. The molecule has 4 heteroatoms. The molecule has 0 fully saturated rings. The van der Waals surface area contributed by atoms with Crippen LogP contribution in [0.25, 0.3) is 11.3 Å². The number of nitrogen functional groups attached to an aromatic ring is 1. The van der Waals surface area contributed by atoms with Crippen LogP contribution in [0.3, 0.4) is 0 Å². The fourth-order valence-electron chi connectivity index (χ4n) is 1.97. The van der Waals surface area contributed by atoms with E-state index in [0.29, 0.717) is 11.7 Å². The van der Waals surface area contributed by atoms with Crippen molar-refractivity contribution in [3.05, 3.63) is 29.6 Å². The number of hydrogen-bond donors (Lipinski definition) is 2. The Hall–Kier alpha value is -1.84. The van der Waals surface area contributed by atoms with Gasteiger partial charge in [0.2, 0.25) is 0 Å². The minimum Gasteiger partial charge on any atom is -0.382 e. The molecule has 0 amide bonds. The number of rotatable bonds is 3. The predicted molar refractivity (Wildman–Crippen MR) is 69.5 cm³/mol. The minimum absolute atomic E-state index is 0.547. The number of nitrogens with two attached hydrogens (primary N) is 1. The Morgan fingerprint density at radius 3 is 2.82 bits per heavy atom. The van der Waals surface area contributed by atoms with Crippen molar-refractivity contribution < 1.29 is 0 Å². The Labute approximate surface area is 101 Å². The molecule has 2 aromatic rings. The molecule has 0 aliphatic rings. The monoisotopic (exact) mass is 230 g/mol. The van der Waals surface area contributed by atoms with Crippen molar-refractivity contribution >= 4 is 5.82 Å². The molecule has 0 spiro atoms. The van der Waals surface area contributed by atoms with Gasteiger partial charge in [0.25, 0.3) is 0 Å². The average molecular weight is 230 g/mol. The van der Waals surface area contributed by atoms with Crippen LogP contribution in [0.2, 0.25) is 0 Å². The number of aryl methyl sites for hydroxylation is 1. The summed E-state index contributed by atoms with van der Waals surface area (Å²) < 4.78 is 0. The second kappa shape index (κ2) is 4.57. The molecular weight excluding hydrogens is 212 g/mol. The van der Waals surface area contributed by atoms with Gasteiger partial charge in [0.15, 0.2) is 0 Å². The fraction of sp³-hybridized carbons (Fsp3) is 0.385. The molecule has 17 heavy (non-hydrogen) atoms. The first-order valence-corrected chi connectivity index (χ1v) is 5.84. The third kappa shape index (κ3) is 2.30. The van der Waals surface area contributed by atoms with Crippen LogP contribution in [0.4, 0.5) is 5.82 Å². The van der Waals surface area contributed by atoms with Crippen molar-refractivity contribution in [2.75, 3.05) is 5.73 Å². The van der Waals surface area contributed by atoms with Gasteiger partial charge in [-0.1, -0.05) is 13.8 Å². The van der Waals surface area contributed by atoms with Gasteiger partial charge in [-0.3, -0.25) is 10.1 Å². The van der Waals surface area contributed by atoms with Gasteiger partial charge in [-0.15, -0.1) is 0 Å². The Morgan fingerprint density at radius 2 is 2.18 bits per heavy atom. The molecular formula is C13H18N4. The summed E-state index contributed by atoms with van der Waals surface area (Å²) in [7, 11) is 0. The number of anilines is 1. The van der Waals surface area contributed by atoms with Crippen LogP contribution < -0.4 is 5.73 Å². The topological polar surface area (TPSA) is 67.6 Å². The number of aromatic nitrogens is 3. The van der Waals surface area contributed by atoms with Gasteiger partial charge in [-0.05, 0) is 31.4 Å². The quantitative estimate of drug-likeness (QED) is 0.851. The Kier molecular flexibility index (Phi) is 3.13. The van der Waals surface area contributed by atoms with E-state index in [1.54, 1.807) is 6.20 Å². The lowest BCUT2D eigenvalue weighted by molar-refractivity contribution is 0.649. The van der Waals surface area contributed by atoms with Crippen molar-refractivity contribution in [2.45, 2.75) is 27.2 Å². The largest absolute Gasteiger partial charge is 0.382 e. The molecule has 0 radical (unpaired) electrons. The van der Waals surface area contributed by atoms with Crippen molar-refractivity contribution in [1.82, 2.24) is 15.2 Å². The maximum atomic E-state index is 5.91. The molecule has 2 aromatic heterocycles. The highest BCUT2D eigenvalue weighted by molar-refractivity contribution is 5.69. The number of H-pyrrole nitrogens is 1. The van der Waals surface area contributed by atoms with Crippen LogP contribution in [-0.4, -0.2) is 15.2 Å². The maximum Gasteiger partial charge on any atom is 0.149 e. The zero-order valence-corrected chi connectivity index (χ0v) is 10.5. The van der Waals surface area contributed by atoms with Crippen molar-refractivity contribution in [3.8, 4) is 11.3 Å². The zero-order chi connectivity index (χ0) is 12.4. The molecule has 0 unspecified atom stereocenters. The molecule has 90 valence electrons. The van der Waals surface area contributed by atoms with Gasteiger partial charge in [-0.25, -0.2) is 0 Å². The first-order chi connectivity index (χ1) is 8.09. The molecule has 0 aromatic carbocycles. The first kappa shape index (κ1) is 11.6. The smallest absolute Gasteiger partial charge is 0.149 e. The highest BCUT2D eigenvalue weighted by Gasteiger charge is 2.15. The lowest BCUT2D eigenvalue weighted by Gasteiger charge is -2.08. The number of pyridine rings is 1. The van der Waals surface area contributed by atoms with E-state index in [9.17, 15) is 0 Å². The summed E-state index contributed by atoms with van der Waals surface area (Å²) in [6.07, 6.45) is 2.71. The fourth-order valence-corrected chi connectivity index (χ4v) is 1.97. The van der Waals surface area contributed by atoms with Gasteiger partial charge in [-0.2, -0.15) is 5.10 Å². The van der Waals surface area contributed by atoms with E-state index in [1.165, 1.54) is 0 Å². The van der Waals surface area contributed by atoms with E-state index in [1.807, 2.05) is 19.1 Å². The first-order valence-electron chi connectivity index (χ1n) is 5.84. The molecule has 0 saturated carbocycles. The average Bonchev–Trinajstić information content (AvgIpc) is 2.61. The van der Waals surface area contributed by atoms with E-state index in [4.69, 9.17) is 5.73 Å². The predicted octanol–water partition coefficient (Wildman–Crippen LogP) is 2.56. The van der Waals surface area contributed by atoms with E-state index in [2.05, 4.69) is 29.0 Å². The number of aromatic amines is 1. The Morgan fingerprint density at radius 1 is 1.41 bits per heavy atom. The second-order valence-electron chi connectivity index (χ2n) is 4.70. The third-order valence-corrected chi connectivity index (χ3v) is 2.79. The van der Waals surface area contributed by atoms with E-state index in [-0.39, 0.29) is 0 Å². The van der Waals surface area contributed by atoms with Crippen LogP contribution in [0.15, 0.2) is 18.3 Å². The highest BCUT2D eigenvalue weighted by Crippen LogP contribution is 2.28. The Bertz CT molecular complexity index is 514. The summed E-state index contributed by atoms with van der Waals surface area (Å²) in [4.78, 5) is 4.30. The second-order valence-corrected chi connectivity index (χ2v) is 4.70. The lowest BCUT2D eigenvalue weighted by atomic mass is 9.99. The molecule has 0 saturated heterocycles. The summed E-state index contributed by atoms with van der Waals surface area (Å²) in [6.45, 7) is 6.34. The molecule has 0 bridgehead atoms. The molecule has 2 heterocycles. The van der Waals surface area contributed by atoms with Crippen molar-refractivity contribution in [2.24, 2.45) is 5.92 Å². The molecule has 3 N–H and O–H groups in total. The molecule has 4 nitrogen and oxygen atoms in total. The van der Waals surface area contributed by atoms with E-state index < -0.39 is 0 Å². The van der Waals surface area contributed by atoms with Crippen molar-refractivity contribution in [3.63, 3.8) is 0 Å². The summed E-state index contributed by atoms with van der Waals surface area (Å²) >= 11 is 0. The summed E-state index contributed by atoms with van der Waals surface area (Å²) in [5, 5.41) is 7.13. The molecule has 2 rings (SSSR count). The number of hydrogen-bond acceptors (Lipinski definition) is 3. The zero-order valence-electron chi connectivity index (χ0n) is 10.5. The van der Waals surface area contributed by atoms with Gasteiger partial charge >= 0.3 is 0 Å². The van der Waals surface area contributed by atoms with E-state index >= 15 is 0 Å². The van der Waals surface area contributed by atoms with E-state index in [0.717, 1.165) is 28.9 Å². The number of nitrogens with zero attached hydrogens (tertiary/aromatic N) is 2. The molecule has 0 aliphatic carbocycles. The highest BCUT2D eigenvalue weighted by atomic mass is 15.2. The summed E-state index contributed by atoms with van der Waals surface area (Å²) in [5.74, 6) is 1.14. The van der Waals surface area contributed by atoms with Crippen LogP contribution in [-0.2, 0) is 6.42 Å². The maximum absolute atomic E-state index is 5.91. The molecule has 0 aliphatic heterocycles. The van der Waals surface area contributed by atoms with Crippen molar-refractivity contribution in [1.29, 1.82) is 0 Å². The summed E-state index contributed by atoms with van der Waals surface area (Å²) in [5.41, 5.74) is 10.1. The normalized spacial score (nSPS) is 11.1. The summed E-state index contributed by atoms with van der Waals surface area (Å²) in [6, 6.07) is 3.97. The molecule has 0 atom stereocenters. The third-order valence-electron chi connectivity index (χ3n) is 2.79. The van der Waals surface area contributed by atoms with Crippen LogP contribution >= 0.6 is 0 Å². The lowest BCUT2D eigenvalue weighted by Crippen LogP contribution is -1.99. The van der Waals surface area contributed by atoms with Crippen LogP contribution in [0, 0.1) is 12.8 Å². The Balaban J connectivity index is 2.49. The van der Waals surface area contributed by atoms with Gasteiger partial charge in [0.05, 0.1) is 5.69 Å². The van der Waals surface area contributed by atoms with Gasteiger partial charge in [0.1, 0.15) is 5.82 Å². The van der Waals surface area contributed by atoms with Crippen LogP contribution in [0.1, 0.15) is 25.1 Å².